The number of benzene rings is 2. The van der Waals surface area contributed by atoms with Crippen molar-refractivity contribution in [3.8, 4) is 5.75 Å². The van der Waals surface area contributed by atoms with Gasteiger partial charge >= 0.3 is 0 Å². The first-order valence-electron chi connectivity index (χ1n) is 8.20. The van der Waals surface area contributed by atoms with Gasteiger partial charge in [-0.2, -0.15) is 8.42 Å². The molecule has 1 aliphatic rings. The molecule has 0 bridgehead atoms. The number of rotatable bonds is 3. The second-order valence-corrected chi connectivity index (χ2v) is 7.72. The third-order valence-corrected chi connectivity index (χ3v) is 5.30. The van der Waals surface area contributed by atoms with Crippen LogP contribution in [-0.4, -0.2) is 23.9 Å². The number of carbonyl (C=O) groups is 1. The summed E-state index contributed by atoms with van der Waals surface area (Å²) in [6.07, 6.45) is 4.72. The third-order valence-electron chi connectivity index (χ3n) is 4.38. The molecular formula is C21H18O5S. The van der Waals surface area contributed by atoms with Crippen LogP contribution in [0.15, 0.2) is 76.7 Å². The van der Waals surface area contributed by atoms with Crippen LogP contribution in [0, 0.1) is 6.92 Å². The third kappa shape index (κ3) is 3.77. The van der Waals surface area contributed by atoms with Gasteiger partial charge in [0.15, 0.2) is 5.78 Å². The van der Waals surface area contributed by atoms with E-state index in [1.807, 2.05) is 0 Å². The average molecular weight is 382 g/mol. The fourth-order valence-corrected chi connectivity index (χ4v) is 3.69. The van der Waals surface area contributed by atoms with Gasteiger partial charge in [0.05, 0.1) is 0 Å². The number of phenols is 1. The lowest BCUT2D eigenvalue weighted by atomic mass is 9.88. The highest BCUT2D eigenvalue weighted by Gasteiger charge is 2.22. The second kappa shape index (κ2) is 6.98. The van der Waals surface area contributed by atoms with E-state index in [9.17, 15) is 22.9 Å². The Labute approximate surface area is 157 Å². The standard InChI is InChI=1S/C21H18O5S/c1-13-11-15(7-9-18(13)22)21(16-8-10-19(23)14(2)12-16)17-5-3-4-6-20(17)27(24,25)26/h3-12,22H,1-2H3,(H,24,25,26)/b21-16-. The summed E-state index contributed by atoms with van der Waals surface area (Å²) in [5.41, 5.74) is 3.27. The Kier molecular flexibility index (Phi) is 4.87. The molecule has 1 aliphatic carbocycles. The summed E-state index contributed by atoms with van der Waals surface area (Å²) in [6.45, 7) is 3.41. The number of hydrogen-bond donors (Lipinski definition) is 2. The van der Waals surface area contributed by atoms with Crippen molar-refractivity contribution in [2.75, 3.05) is 0 Å². The molecule has 2 N–H and O–H groups in total. The molecule has 5 nitrogen and oxygen atoms in total. The maximum atomic E-state index is 11.9. The van der Waals surface area contributed by atoms with E-state index in [1.165, 1.54) is 24.3 Å². The Morgan fingerprint density at radius 2 is 1.70 bits per heavy atom. The number of hydrogen-bond acceptors (Lipinski definition) is 4. The number of aromatic hydroxyl groups is 1. The zero-order chi connectivity index (χ0) is 19.8. The Morgan fingerprint density at radius 3 is 2.33 bits per heavy atom. The van der Waals surface area contributed by atoms with Gasteiger partial charge in [-0.3, -0.25) is 9.35 Å². The molecule has 3 rings (SSSR count). The molecule has 0 radical (unpaired) electrons. The molecule has 27 heavy (non-hydrogen) atoms. The summed E-state index contributed by atoms with van der Waals surface area (Å²) < 4.78 is 33.5. The summed E-state index contributed by atoms with van der Waals surface area (Å²) in [7, 11) is -4.46. The molecular weight excluding hydrogens is 364 g/mol. The normalized spacial score (nSPS) is 16.3. The van der Waals surface area contributed by atoms with Gasteiger partial charge in [-0.05, 0) is 72.0 Å². The fourth-order valence-electron chi connectivity index (χ4n) is 2.99. The van der Waals surface area contributed by atoms with Gasteiger partial charge in [-0.25, -0.2) is 0 Å². The molecule has 0 heterocycles. The number of phenolic OH excluding ortho intramolecular Hbond substituents is 1. The van der Waals surface area contributed by atoms with Crippen molar-refractivity contribution in [2.45, 2.75) is 18.7 Å². The predicted octanol–water partition coefficient (Wildman–Crippen LogP) is 3.83. The molecule has 2 aromatic carbocycles. The summed E-state index contributed by atoms with van der Waals surface area (Å²) in [5, 5.41) is 9.84. The van der Waals surface area contributed by atoms with E-state index in [-0.39, 0.29) is 16.4 Å². The van der Waals surface area contributed by atoms with Gasteiger partial charge in [0.1, 0.15) is 10.6 Å². The summed E-state index contributed by atoms with van der Waals surface area (Å²) in [6, 6.07) is 11.0. The van der Waals surface area contributed by atoms with Crippen LogP contribution in [0.3, 0.4) is 0 Å². The van der Waals surface area contributed by atoms with Crippen LogP contribution in [0.2, 0.25) is 0 Å². The minimum atomic E-state index is -4.46. The van der Waals surface area contributed by atoms with Crippen molar-refractivity contribution in [1.82, 2.24) is 0 Å². The van der Waals surface area contributed by atoms with Crippen molar-refractivity contribution in [1.29, 1.82) is 0 Å². The van der Waals surface area contributed by atoms with Crippen LogP contribution >= 0.6 is 0 Å². The Morgan fingerprint density at radius 1 is 1.00 bits per heavy atom. The van der Waals surface area contributed by atoms with Crippen molar-refractivity contribution in [3.63, 3.8) is 0 Å². The SMILES string of the molecule is CC1=C/C(=C(/c2ccc(O)c(C)c2)c2ccccc2S(=O)(=O)O)C=CC1=O. The maximum Gasteiger partial charge on any atom is 0.295 e. The van der Waals surface area contributed by atoms with Crippen molar-refractivity contribution < 1.29 is 22.9 Å². The first-order chi connectivity index (χ1) is 12.7. The predicted molar refractivity (Wildman–Crippen MR) is 103 cm³/mol. The molecule has 0 spiro atoms. The highest BCUT2D eigenvalue weighted by atomic mass is 32.2. The topological polar surface area (TPSA) is 91.7 Å². The summed E-state index contributed by atoms with van der Waals surface area (Å²) >= 11 is 0. The molecule has 6 heteroatoms. The van der Waals surface area contributed by atoms with Crippen LogP contribution in [0.1, 0.15) is 23.6 Å². The summed E-state index contributed by atoms with van der Waals surface area (Å²) in [5.74, 6) is -0.00435. The van der Waals surface area contributed by atoms with Crippen LogP contribution < -0.4 is 0 Å². The molecule has 0 atom stereocenters. The van der Waals surface area contributed by atoms with Gasteiger partial charge < -0.3 is 5.11 Å². The highest BCUT2D eigenvalue weighted by molar-refractivity contribution is 7.86. The van der Waals surface area contributed by atoms with Gasteiger partial charge in [0, 0.05) is 5.56 Å². The number of aryl methyl sites for hydroxylation is 1. The average Bonchev–Trinajstić information content (AvgIpc) is 2.61. The van der Waals surface area contributed by atoms with Crippen molar-refractivity contribution >= 4 is 21.5 Å². The van der Waals surface area contributed by atoms with Crippen LogP contribution in [0.5, 0.6) is 5.75 Å². The van der Waals surface area contributed by atoms with Gasteiger partial charge in [0.2, 0.25) is 0 Å². The second-order valence-electron chi connectivity index (χ2n) is 6.33. The van der Waals surface area contributed by atoms with E-state index in [1.54, 1.807) is 50.3 Å². The quantitative estimate of drug-likeness (QED) is 0.787. The molecule has 0 unspecified atom stereocenters. The summed E-state index contributed by atoms with van der Waals surface area (Å²) in [4.78, 5) is 11.6. The Hall–Kier alpha value is -2.96. The van der Waals surface area contributed by atoms with Gasteiger partial charge in [-0.15, -0.1) is 0 Å². The lowest BCUT2D eigenvalue weighted by Crippen LogP contribution is -2.06. The molecule has 138 valence electrons. The first kappa shape index (κ1) is 18.8. The smallest absolute Gasteiger partial charge is 0.295 e. The zero-order valence-corrected chi connectivity index (χ0v) is 15.6. The Bertz CT molecular complexity index is 1130. The van der Waals surface area contributed by atoms with E-state index in [0.717, 1.165) is 0 Å². The fraction of sp³-hybridized carbons (Fsp3) is 0.0952. The molecule has 2 aromatic rings. The van der Waals surface area contributed by atoms with E-state index in [4.69, 9.17) is 0 Å². The van der Waals surface area contributed by atoms with Crippen molar-refractivity contribution in [2.24, 2.45) is 0 Å². The monoisotopic (exact) mass is 382 g/mol. The lowest BCUT2D eigenvalue weighted by molar-refractivity contribution is -0.111. The van der Waals surface area contributed by atoms with Crippen LogP contribution in [-0.2, 0) is 14.9 Å². The molecule has 0 aromatic heterocycles. The number of carbonyl (C=O) groups excluding carboxylic acids is 1. The van der Waals surface area contributed by atoms with Gasteiger partial charge in [-0.1, -0.05) is 30.3 Å². The van der Waals surface area contributed by atoms with E-state index in [0.29, 0.717) is 33.4 Å². The van der Waals surface area contributed by atoms with E-state index < -0.39 is 10.1 Å². The Balaban J connectivity index is 2.40. The maximum absolute atomic E-state index is 11.9. The van der Waals surface area contributed by atoms with E-state index >= 15 is 0 Å². The molecule has 0 amide bonds. The number of ketones is 1. The first-order valence-corrected chi connectivity index (χ1v) is 9.64. The van der Waals surface area contributed by atoms with Crippen LogP contribution in [0.25, 0.3) is 5.57 Å². The number of allylic oxidation sites excluding steroid dienone is 5. The van der Waals surface area contributed by atoms with E-state index in [2.05, 4.69) is 0 Å². The highest BCUT2D eigenvalue weighted by Crippen LogP contribution is 2.35. The van der Waals surface area contributed by atoms with Gasteiger partial charge in [0.25, 0.3) is 10.1 Å². The molecule has 0 saturated carbocycles. The minimum absolute atomic E-state index is 0.118. The largest absolute Gasteiger partial charge is 0.508 e. The van der Waals surface area contributed by atoms with Crippen molar-refractivity contribution in [3.05, 3.63) is 88.5 Å². The van der Waals surface area contributed by atoms with Crippen LogP contribution in [0.4, 0.5) is 0 Å². The lowest BCUT2D eigenvalue weighted by Gasteiger charge is -2.17. The zero-order valence-electron chi connectivity index (χ0n) is 14.8. The minimum Gasteiger partial charge on any atom is -0.508 e. The molecule has 0 fully saturated rings. The molecule has 0 saturated heterocycles. The molecule has 0 aliphatic heterocycles.